The van der Waals surface area contributed by atoms with Crippen LogP contribution in [0.2, 0.25) is 0 Å². The summed E-state index contributed by atoms with van der Waals surface area (Å²) in [5.74, 6) is 0.582. The zero-order valence-electron chi connectivity index (χ0n) is 16.6. The van der Waals surface area contributed by atoms with E-state index in [2.05, 4.69) is 5.32 Å². The van der Waals surface area contributed by atoms with Crippen LogP contribution >= 0.6 is 23.1 Å². The first-order chi connectivity index (χ1) is 14.9. The molecule has 0 radical (unpaired) electrons. The normalized spacial score (nSPS) is 16.4. The molecule has 1 aromatic heterocycles. The predicted octanol–water partition coefficient (Wildman–Crippen LogP) is 2.19. The molecule has 4 rings (SSSR count). The van der Waals surface area contributed by atoms with E-state index >= 15 is 0 Å². The number of aromatic nitrogens is 1. The summed E-state index contributed by atoms with van der Waals surface area (Å²) < 4.78 is 12.1. The smallest absolute Gasteiger partial charge is 0.307 e. The van der Waals surface area contributed by atoms with Gasteiger partial charge in [-0.05, 0) is 42.5 Å². The van der Waals surface area contributed by atoms with Gasteiger partial charge in [0.25, 0.3) is 11.1 Å². The molecule has 0 saturated carbocycles. The van der Waals surface area contributed by atoms with Crippen LogP contribution in [0.1, 0.15) is 17.7 Å². The van der Waals surface area contributed by atoms with Crippen molar-refractivity contribution in [3.63, 3.8) is 0 Å². The second-order valence-electron chi connectivity index (χ2n) is 6.84. The minimum Gasteiger partial charge on any atom is -0.454 e. The van der Waals surface area contributed by atoms with E-state index < -0.39 is 5.91 Å². The average molecular weight is 462 g/mol. The zero-order valence-corrected chi connectivity index (χ0v) is 18.2. The van der Waals surface area contributed by atoms with Crippen LogP contribution in [0.15, 0.2) is 33.3 Å². The first-order valence-corrected chi connectivity index (χ1v) is 11.2. The fraction of sp³-hybridized carbons (Fsp3) is 0.300. The summed E-state index contributed by atoms with van der Waals surface area (Å²) in [6.07, 6.45) is 1.77. The number of imide groups is 1. The third-order valence-electron chi connectivity index (χ3n) is 4.76. The zero-order chi connectivity index (χ0) is 22.0. The molecule has 31 heavy (non-hydrogen) atoms. The predicted molar refractivity (Wildman–Crippen MR) is 116 cm³/mol. The summed E-state index contributed by atoms with van der Waals surface area (Å²) in [4.78, 5) is 49.9. The SMILES string of the molecule is Cc1csc(=O)n1CCC(=O)NCCN1C(=O)S/C(=C\c2ccc3c(c2)OCO3)C1=O. The summed E-state index contributed by atoms with van der Waals surface area (Å²) in [6.45, 7) is 2.48. The topological polar surface area (TPSA) is 107 Å². The maximum Gasteiger partial charge on any atom is 0.307 e. The molecule has 0 aliphatic carbocycles. The van der Waals surface area contributed by atoms with Crippen LogP contribution in [-0.4, -0.2) is 46.4 Å². The van der Waals surface area contributed by atoms with Crippen LogP contribution in [0.25, 0.3) is 6.08 Å². The largest absolute Gasteiger partial charge is 0.454 e. The summed E-state index contributed by atoms with van der Waals surface area (Å²) in [6, 6.07) is 5.28. The van der Waals surface area contributed by atoms with Gasteiger partial charge in [-0.3, -0.25) is 24.1 Å². The highest BCUT2D eigenvalue weighted by Gasteiger charge is 2.34. The maximum atomic E-state index is 12.6. The van der Waals surface area contributed by atoms with Gasteiger partial charge in [-0.15, -0.1) is 0 Å². The lowest BCUT2D eigenvalue weighted by molar-refractivity contribution is -0.124. The first kappa shape index (κ1) is 21.2. The number of carbonyl (C=O) groups excluding carboxylic acids is 3. The van der Waals surface area contributed by atoms with Gasteiger partial charge in [0.15, 0.2) is 11.5 Å². The summed E-state index contributed by atoms with van der Waals surface area (Å²) in [7, 11) is 0. The molecule has 3 heterocycles. The highest BCUT2D eigenvalue weighted by Crippen LogP contribution is 2.36. The van der Waals surface area contributed by atoms with Crippen molar-refractivity contribution in [1.29, 1.82) is 0 Å². The molecular formula is C20H19N3O6S2. The Kier molecular flexibility index (Phi) is 6.14. The van der Waals surface area contributed by atoms with E-state index in [1.807, 2.05) is 6.92 Å². The molecule has 3 amide bonds. The number of hydrogen-bond acceptors (Lipinski definition) is 8. The van der Waals surface area contributed by atoms with Gasteiger partial charge in [0, 0.05) is 37.1 Å². The number of ether oxygens (including phenoxy) is 2. The van der Waals surface area contributed by atoms with Crippen LogP contribution in [-0.2, 0) is 16.1 Å². The number of nitrogens with one attached hydrogen (secondary N) is 1. The lowest BCUT2D eigenvalue weighted by Crippen LogP contribution is -2.37. The van der Waals surface area contributed by atoms with Gasteiger partial charge >= 0.3 is 4.87 Å². The van der Waals surface area contributed by atoms with Gasteiger partial charge in [-0.1, -0.05) is 17.4 Å². The highest BCUT2D eigenvalue weighted by molar-refractivity contribution is 8.18. The van der Waals surface area contributed by atoms with E-state index in [1.165, 1.54) is 0 Å². The minimum atomic E-state index is -0.401. The van der Waals surface area contributed by atoms with Crippen molar-refractivity contribution < 1.29 is 23.9 Å². The Morgan fingerprint density at radius 2 is 2.00 bits per heavy atom. The molecule has 0 bridgehead atoms. The van der Waals surface area contributed by atoms with Crippen molar-refractivity contribution in [2.24, 2.45) is 0 Å². The van der Waals surface area contributed by atoms with Crippen molar-refractivity contribution in [2.45, 2.75) is 19.9 Å². The van der Waals surface area contributed by atoms with Crippen molar-refractivity contribution in [3.8, 4) is 11.5 Å². The molecule has 2 aromatic rings. The molecule has 9 nitrogen and oxygen atoms in total. The van der Waals surface area contributed by atoms with E-state index in [4.69, 9.17) is 9.47 Å². The Balaban J connectivity index is 1.29. The fourth-order valence-electron chi connectivity index (χ4n) is 3.13. The Bertz CT molecular complexity index is 1140. The number of thiazole rings is 1. The number of rotatable bonds is 7. The third kappa shape index (κ3) is 4.67. The van der Waals surface area contributed by atoms with Crippen molar-refractivity contribution in [3.05, 3.63) is 49.4 Å². The molecule has 1 N–H and O–H groups in total. The number of nitrogens with zero attached hydrogens (tertiary/aromatic N) is 2. The van der Waals surface area contributed by atoms with E-state index in [1.54, 1.807) is 34.2 Å². The van der Waals surface area contributed by atoms with E-state index in [9.17, 15) is 19.2 Å². The average Bonchev–Trinajstić information content (AvgIpc) is 3.41. The molecule has 2 aliphatic heterocycles. The Morgan fingerprint density at radius 1 is 1.19 bits per heavy atom. The number of carbonyl (C=O) groups is 3. The molecule has 0 spiro atoms. The van der Waals surface area contributed by atoms with Crippen LogP contribution in [0.5, 0.6) is 11.5 Å². The molecule has 11 heteroatoms. The number of hydrogen-bond donors (Lipinski definition) is 1. The molecule has 1 aromatic carbocycles. The number of thioether (sulfide) groups is 1. The van der Waals surface area contributed by atoms with Crippen LogP contribution in [0.3, 0.4) is 0 Å². The van der Waals surface area contributed by atoms with Gasteiger partial charge < -0.3 is 19.4 Å². The van der Waals surface area contributed by atoms with Crippen LogP contribution in [0, 0.1) is 6.92 Å². The third-order valence-corrected chi connectivity index (χ3v) is 6.55. The maximum absolute atomic E-state index is 12.6. The number of amides is 3. The van der Waals surface area contributed by atoms with Gasteiger partial charge in [-0.25, -0.2) is 0 Å². The van der Waals surface area contributed by atoms with E-state index in [0.29, 0.717) is 22.9 Å². The van der Waals surface area contributed by atoms with Crippen molar-refractivity contribution >= 4 is 46.2 Å². The van der Waals surface area contributed by atoms with Crippen molar-refractivity contribution in [2.75, 3.05) is 19.9 Å². The second-order valence-corrected chi connectivity index (χ2v) is 8.65. The Hall–Kier alpha value is -3.05. The first-order valence-electron chi connectivity index (χ1n) is 9.49. The standard InChI is InChI=1S/C20H19N3O6S2/c1-12-10-30-19(26)22(12)6-4-17(24)21-5-7-23-18(25)16(31-20(23)27)9-13-2-3-14-15(8-13)29-11-28-14/h2-3,8-10H,4-7,11H2,1H3,(H,21,24)/b16-9-. The monoisotopic (exact) mass is 461 g/mol. The molecule has 2 aliphatic rings. The van der Waals surface area contributed by atoms with Crippen molar-refractivity contribution in [1.82, 2.24) is 14.8 Å². The Morgan fingerprint density at radius 3 is 2.77 bits per heavy atom. The molecule has 1 fully saturated rings. The fourth-order valence-corrected chi connectivity index (χ4v) is 4.76. The van der Waals surface area contributed by atoms with Crippen LogP contribution in [0.4, 0.5) is 4.79 Å². The Labute approximate surface area is 185 Å². The molecule has 1 saturated heterocycles. The number of fused-ring (bicyclic) bond motifs is 1. The number of aryl methyl sites for hydroxylation is 1. The molecular weight excluding hydrogens is 442 g/mol. The summed E-state index contributed by atoms with van der Waals surface area (Å²) in [5, 5.41) is 4.05. The van der Waals surface area contributed by atoms with Gasteiger partial charge in [0.1, 0.15) is 0 Å². The lowest BCUT2D eigenvalue weighted by atomic mass is 10.2. The molecule has 0 atom stereocenters. The van der Waals surface area contributed by atoms with Crippen LogP contribution < -0.4 is 19.7 Å². The van der Waals surface area contributed by atoms with Gasteiger partial charge in [-0.2, -0.15) is 0 Å². The molecule has 162 valence electrons. The quantitative estimate of drug-likeness (QED) is 0.630. The number of benzene rings is 1. The summed E-state index contributed by atoms with van der Waals surface area (Å²) in [5.41, 5.74) is 1.54. The van der Waals surface area contributed by atoms with Gasteiger partial charge in [0.2, 0.25) is 12.7 Å². The van der Waals surface area contributed by atoms with Gasteiger partial charge in [0.05, 0.1) is 4.91 Å². The van der Waals surface area contributed by atoms with E-state index in [-0.39, 0.29) is 42.3 Å². The highest BCUT2D eigenvalue weighted by atomic mass is 32.2. The molecule has 0 unspecified atom stereocenters. The summed E-state index contributed by atoms with van der Waals surface area (Å²) >= 11 is 1.95. The minimum absolute atomic E-state index is 0.0757. The second kappa shape index (κ2) is 8.98. The van der Waals surface area contributed by atoms with E-state index in [0.717, 1.165) is 39.3 Å². The lowest BCUT2D eigenvalue weighted by Gasteiger charge is -2.13.